The fourth-order valence-corrected chi connectivity index (χ4v) is 1.56. The number of nitrogens with zero attached hydrogens (tertiary/aromatic N) is 2. The number of amides is 1. The lowest BCUT2D eigenvalue weighted by molar-refractivity contribution is 0.0941. The van der Waals surface area contributed by atoms with Crippen molar-refractivity contribution in [2.24, 2.45) is 5.92 Å². The normalized spacial score (nSPS) is 12.8. The van der Waals surface area contributed by atoms with Gasteiger partial charge in [-0.25, -0.2) is 0 Å². The molecule has 4 nitrogen and oxygen atoms in total. The Hall–Kier alpha value is -1.03. The van der Waals surface area contributed by atoms with Crippen LogP contribution in [0.2, 0.25) is 0 Å². The van der Waals surface area contributed by atoms with Gasteiger partial charge in [-0.2, -0.15) is 5.10 Å². The molecule has 0 saturated heterocycles. The van der Waals surface area contributed by atoms with Gasteiger partial charge in [0.15, 0.2) is 0 Å². The molecule has 0 fully saturated rings. The van der Waals surface area contributed by atoms with Crippen LogP contribution in [0.4, 0.5) is 0 Å². The minimum atomic E-state index is -0.112. The van der Waals surface area contributed by atoms with E-state index < -0.39 is 0 Å². The molecule has 0 aliphatic carbocycles. The van der Waals surface area contributed by atoms with Crippen molar-refractivity contribution < 1.29 is 4.79 Å². The summed E-state index contributed by atoms with van der Waals surface area (Å²) < 4.78 is 1.70. The molecule has 0 bridgehead atoms. The molecule has 0 radical (unpaired) electrons. The highest BCUT2D eigenvalue weighted by Gasteiger charge is 2.15. The van der Waals surface area contributed by atoms with Gasteiger partial charge in [-0.3, -0.25) is 9.48 Å². The molecule has 1 aromatic heterocycles. The number of alkyl halides is 1. The fourth-order valence-electron chi connectivity index (χ4n) is 1.49. The van der Waals surface area contributed by atoms with E-state index >= 15 is 0 Å². The largest absolute Gasteiger partial charge is 0.349 e. The molecule has 0 aromatic carbocycles. The number of carbonyl (C=O) groups is 1. The number of halogens is 1. The third-order valence-corrected chi connectivity index (χ3v) is 3.27. The Morgan fingerprint density at radius 1 is 1.59 bits per heavy atom. The second-order valence-electron chi connectivity index (χ2n) is 4.46. The van der Waals surface area contributed by atoms with Gasteiger partial charge in [0.05, 0.1) is 11.1 Å². The Morgan fingerprint density at radius 2 is 2.24 bits per heavy atom. The van der Waals surface area contributed by atoms with E-state index in [1.165, 1.54) is 0 Å². The topological polar surface area (TPSA) is 46.9 Å². The number of aromatic nitrogens is 2. The molecule has 1 heterocycles. The lowest BCUT2D eigenvalue weighted by atomic mass is 10.1. The van der Waals surface area contributed by atoms with Crippen LogP contribution in [0, 0.1) is 12.8 Å². The summed E-state index contributed by atoms with van der Waals surface area (Å²) >= 11 is 6.09. The predicted molar refractivity (Wildman–Crippen MR) is 69.5 cm³/mol. The van der Waals surface area contributed by atoms with Crippen LogP contribution in [-0.2, 0) is 6.54 Å². The Labute approximate surface area is 107 Å². The average molecular weight is 258 g/mol. The molecule has 0 aliphatic heterocycles. The molecule has 17 heavy (non-hydrogen) atoms. The molecule has 1 amide bonds. The number of nitrogens with one attached hydrogen (secondary N) is 1. The number of hydrogen-bond donors (Lipinski definition) is 1. The first kappa shape index (κ1) is 14.0. The van der Waals surface area contributed by atoms with Crippen LogP contribution >= 0.6 is 11.6 Å². The Balaban J connectivity index is 2.63. The SMILES string of the molecule is CCn1nc(C)cc1C(=O)NCC(Cl)C(C)C. The van der Waals surface area contributed by atoms with Crippen molar-refractivity contribution in [1.29, 1.82) is 0 Å². The minimum Gasteiger partial charge on any atom is -0.349 e. The van der Waals surface area contributed by atoms with E-state index in [0.717, 1.165) is 5.69 Å². The highest BCUT2D eigenvalue weighted by atomic mass is 35.5. The standard InChI is InChI=1S/C12H20ClN3O/c1-5-16-11(6-9(4)15-16)12(17)14-7-10(13)8(2)3/h6,8,10H,5,7H2,1-4H3,(H,14,17). The summed E-state index contributed by atoms with van der Waals surface area (Å²) in [5.41, 5.74) is 1.45. The van der Waals surface area contributed by atoms with Crippen molar-refractivity contribution >= 4 is 17.5 Å². The molecule has 1 rings (SSSR count). The van der Waals surface area contributed by atoms with Crippen molar-refractivity contribution in [3.8, 4) is 0 Å². The van der Waals surface area contributed by atoms with Crippen LogP contribution in [0.5, 0.6) is 0 Å². The van der Waals surface area contributed by atoms with Crippen LogP contribution in [0.3, 0.4) is 0 Å². The van der Waals surface area contributed by atoms with Crippen LogP contribution in [0.25, 0.3) is 0 Å². The lowest BCUT2D eigenvalue weighted by Gasteiger charge is -2.14. The first-order valence-electron chi connectivity index (χ1n) is 5.92. The van der Waals surface area contributed by atoms with Gasteiger partial charge in [-0.05, 0) is 25.8 Å². The fraction of sp³-hybridized carbons (Fsp3) is 0.667. The van der Waals surface area contributed by atoms with Crippen LogP contribution in [0.15, 0.2) is 6.07 Å². The third kappa shape index (κ3) is 3.73. The van der Waals surface area contributed by atoms with E-state index in [1.54, 1.807) is 10.7 Å². The van der Waals surface area contributed by atoms with E-state index in [1.807, 2.05) is 27.7 Å². The summed E-state index contributed by atoms with van der Waals surface area (Å²) in [6.45, 7) is 9.06. The zero-order chi connectivity index (χ0) is 13.0. The van der Waals surface area contributed by atoms with Gasteiger partial charge in [0, 0.05) is 13.1 Å². The summed E-state index contributed by atoms with van der Waals surface area (Å²) in [5, 5.41) is 7.03. The molecule has 1 aromatic rings. The smallest absolute Gasteiger partial charge is 0.269 e. The van der Waals surface area contributed by atoms with Crippen LogP contribution < -0.4 is 5.32 Å². The van der Waals surface area contributed by atoms with E-state index in [0.29, 0.717) is 24.7 Å². The molecule has 1 N–H and O–H groups in total. The lowest BCUT2D eigenvalue weighted by Crippen LogP contribution is -2.33. The van der Waals surface area contributed by atoms with Crippen molar-refractivity contribution in [3.63, 3.8) is 0 Å². The zero-order valence-electron chi connectivity index (χ0n) is 10.8. The van der Waals surface area contributed by atoms with E-state index in [4.69, 9.17) is 11.6 Å². The third-order valence-electron chi connectivity index (χ3n) is 2.62. The Morgan fingerprint density at radius 3 is 2.76 bits per heavy atom. The molecule has 0 spiro atoms. The average Bonchev–Trinajstić information content (AvgIpc) is 2.66. The quantitative estimate of drug-likeness (QED) is 0.822. The predicted octanol–water partition coefficient (Wildman–Crippen LogP) is 2.20. The molecular weight excluding hydrogens is 238 g/mol. The summed E-state index contributed by atoms with van der Waals surface area (Å²) in [6, 6.07) is 1.79. The van der Waals surface area contributed by atoms with Gasteiger partial charge in [-0.15, -0.1) is 11.6 Å². The molecule has 1 atom stereocenters. The first-order valence-corrected chi connectivity index (χ1v) is 6.36. The number of carbonyl (C=O) groups excluding carboxylic acids is 1. The van der Waals surface area contributed by atoms with Gasteiger partial charge >= 0.3 is 0 Å². The maximum absolute atomic E-state index is 11.9. The van der Waals surface area contributed by atoms with Crippen molar-refractivity contribution in [3.05, 3.63) is 17.5 Å². The van der Waals surface area contributed by atoms with Crippen LogP contribution in [0.1, 0.15) is 37.0 Å². The van der Waals surface area contributed by atoms with Crippen LogP contribution in [-0.4, -0.2) is 27.6 Å². The molecule has 5 heteroatoms. The molecular formula is C12H20ClN3O. The van der Waals surface area contributed by atoms with Crippen molar-refractivity contribution in [1.82, 2.24) is 15.1 Å². The Kier molecular flexibility index (Phi) is 5.00. The second kappa shape index (κ2) is 6.05. The minimum absolute atomic E-state index is 0.0435. The van der Waals surface area contributed by atoms with Crippen molar-refractivity contribution in [2.45, 2.75) is 39.6 Å². The van der Waals surface area contributed by atoms with E-state index in [9.17, 15) is 4.79 Å². The monoisotopic (exact) mass is 257 g/mol. The van der Waals surface area contributed by atoms with Gasteiger partial charge in [0.1, 0.15) is 5.69 Å². The molecule has 96 valence electrons. The zero-order valence-corrected chi connectivity index (χ0v) is 11.6. The molecule has 1 unspecified atom stereocenters. The number of aryl methyl sites for hydroxylation is 2. The summed E-state index contributed by atoms with van der Waals surface area (Å²) in [7, 11) is 0. The first-order chi connectivity index (χ1) is 7.95. The number of hydrogen-bond acceptors (Lipinski definition) is 2. The van der Waals surface area contributed by atoms with E-state index in [-0.39, 0.29) is 11.3 Å². The number of rotatable bonds is 5. The van der Waals surface area contributed by atoms with E-state index in [2.05, 4.69) is 10.4 Å². The summed E-state index contributed by atoms with van der Waals surface area (Å²) in [5.74, 6) is 0.230. The molecule has 0 saturated carbocycles. The van der Waals surface area contributed by atoms with Gasteiger partial charge in [0.25, 0.3) is 5.91 Å². The molecule has 0 aliphatic rings. The Bertz CT molecular complexity index is 387. The van der Waals surface area contributed by atoms with Crippen molar-refractivity contribution in [2.75, 3.05) is 6.54 Å². The maximum atomic E-state index is 11.9. The highest BCUT2D eigenvalue weighted by Crippen LogP contribution is 2.09. The van der Waals surface area contributed by atoms with Gasteiger partial charge in [0.2, 0.25) is 0 Å². The maximum Gasteiger partial charge on any atom is 0.269 e. The summed E-state index contributed by atoms with van der Waals surface area (Å²) in [6.07, 6.45) is 0. The highest BCUT2D eigenvalue weighted by molar-refractivity contribution is 6.21. The van der Waals surface area contributed by atoms with Gasteiger partial charge < -0.3 is 5.32 Å². The summed E-state index contributed by atoms with van der Waals surface area (Å²) in [4.78, 5) is 11.9. The second-order valence-corrected chi connectivity index (χ2v) is 5.02. The van der Waals surface area contributed by atoms with Gasteiger partial charge in [-0.1, -0.05) is 13.8 Å².